The SMILES string of the molecule is O=C(NCc1cccc(F)c1)[C@H](C1CCCC1)N1CCN(C(=O)c2ccc(Cl)cc2)CC1. The quantitative estimate of drug-likeness (QED) is 0.710. The van der Waals surface area contributed by atoms with Crippen LogP contribution in [-0.2, 0) is 11.3 Å². The Bertz CT molecular complexity index is 938. The molecule has 7 heteroatoms. The standard InChI is InChI=1S/C25H29ClFN3O2/c26-21-10-8-20(9-11-21)25(32)30-14-12-29(13-15-30)23(19-5-1-2-6-19)24(31)28-17-18-4-3-7-22(27)16-18/h3-4,7-11,16,19,23H,1-2,5-6,12-15,17H2,(H,28,31)/t23-/m0/s1. The largest absolute Gasteiger partial charge is 0.351 e. The third-order valence-electron chi connectivity index (χ3n) is 6.56. The Morgan fingerprint density at radius 2 is 1.72 bits per heavy atom. The molecule has 1 heterocycles. The van der Waals surface area contributed by atoms with E-state index in [-0.39, 0.29) is 23.7 Å². The third kappa shape index (κ3) is 5.48. The maximum absolute atomic E-state index is 13.5. The van der Waals surface area contributed by atoms with Crippen molar-refractivity contribution < 1.29 is 14.0 Å². The summed E-state index contributed by atoms with van der Waals surface area (Å²) in [6, 6.07) is 13.1. The first-order chi connectivity index (χ1) is 15.5. The van der Waals surface area contributed by atoms with E-state index < -0.39 is 0 Å². The minimum Gasteiger partial charge on any atom is -0.351 e. The minimum absolute atomic E-state index is 0.00126. The molecule has 1 saturated carbocycles. The predicted molar refractivity (Wildman–Crippen MR) is 123 cm³/mol. The van der Waals surface area contributed by atoms with Gasteiger partial charge in [-0.1, -0.05) is 36.6 Å². The summed E-state index contributed by atoms with van der Waals surface area (Å²) in [6.07, 6.45) is 4.38. The van der Waals surface area contributed by atoms with E-state index in [0.717, 1.165) is 31.2 Å². The smallest absolute Gasteiger partial charge is 0.253 e. The molecule has 2 aromatic rings. The normalized spacial score (nSPS) is 18.5. The van der Waals surface area contributed by atoms with Gasteiger partial charge in [-0.25, -0.2) is 4.39 Å². The van der Waals surface area contributed by atoms with Gasteiger partial charge < -0.3 is 10.2 Å². The van der Waals surface area contributed by atoms with Gasteiger partial charge >= 0.3 is 0 Å². The number of benzene rings is 2. The maximum Gasteiger partial charge on any atom is 0.253 e. The number of rotatable bonds is 6. The van der Waals surface area contributed by atoms with Crippen LogP contribution in [0.15, 0.2) is 48.5 Å². The molecule has 0 radical (unpaired) electrons. The highest BCUT2D eigenvalue weighted by Crippen LogP contribution is 2.31. The number of halogens is 2. The van der Waals surface area contributed by atoms with Crippen molar-refractivity contribution in [1.29, 1.82) is 0 Å². The summed E-state index contributed by atoms with van der Waals surface area (Å²) in [5.41, 5.74) is 1.38. The molecule has 0 spiro atoms. The zero-order chi connectivity index (χ0) is 22.5. The Labute approximate surface area is 193 Å². The van der Waals surface area contributed by atoms with Crippen LogP contribution in [0.2, 0.25) is 5.02 Å². The summed E-state index contributed by atoms with van der Waals surface area (Å²) in [5, 5.41) is 3.63. The Balaban J connectivity index is 1.38. The number of hydrogen-bond donors (Lipinski definition) is 1. The summed E-state index contributed by atoms with van der Waals surface area (Å²) in [4.78, 5) is 30.1. The molecule has 1 saturated heterocycles. The fourth-order valence-corrected chi connectivity index (χ4v) is 5.00. The van der Waals surface area contributed by atoms with Crippen LogP contribution in [0.3, 0.4) is 0 Å². The maximum atomic E-state index is 13.5. The molecule has 5 nitrogen and oxygen atoms in total. The summed E-state index contributed by atoms with van der Waals surface area (Å²) >= 11 is 5.93. The molecular weight excluding hydrogens is 429 g/mol. The van der Waals surface area contributed by atoms with Crippen molar-refractivity contribution in [3.63, 3.8) is 0 Å². The van der Waals surface area contributed by atoms with Gasteiger partial charge in [-0.05, 0) is 60.7 Å². The van der Waals surface area contributed by atoms with E-state index in [2.05, 4.69) is 10.2 Å². The molecule has 1 aliphatic heterocycles. The summed E-state index contributed by atoms with van der Waals surface area (Å²) in [5.74, 6) is 0.0134. The van der Waals surface area contributed by atoms with Gasteiger partial charge in [0.05, 0.1) is 6.04 Å². The molecular formula is C25H29ClFN3O2. The van der Waals surface area contributed by atoms with Crippen molar-refractivity contribution in [2.45, 2.75) is 38.3 Å². The van der Waals surface area contributed by atoms with Crippen LogP contribution in [0.25, 0.3) is 0 Å². The fourth-order valence-electron chi connectivity index (χ4n) is 4.87. The van der Waals surface area contributed by atoms with Gasteiger partial charge in [0, 0.05) is 43.3 Å². The van der Waals surface area contributed by atoms with Crippen molar-refractivity contribution in [2.75, 3.05) is 26.2 Å². The molecule has 2 amide bonds. The lowest BCUT2D eigenvalue weighted by Crippen LogP contribution is -2.57. The van der Waals surface area contributed by atoms with Crippen LogP contribution in [-0.4, -0.2) is 53.8 Å². The Kier molecular flexibility index (Phi) is 7.43. The first-order valence-electron chi connectivity index (χ1n) is 11.3. The Morgan fingerprint density at radius 1 is 1.03 bits per heavy atom. The lowest BCUT2D eigenvalue weighted by atomic mass is 9.94. The summed E-state index contributed by atoms with van der Waals surface area (Å²) < 4.78 is 13.5. The second-order valence-electron chi connectivity index (χ2n) is 8.67. The predicted octanol–water partition coefficient (Wildman–Crippen LogP) is 4.11. The van der Waals surface area contributed by atoms with Gasteiger partial charge in [0.15, 0.2) is 0 Å². The zero-order valence-electron chi connectivity index (χ0n) is 18.1. The fraction of sp³-hybridized carbons (Fsp3) is 0.440. The van der Waals surface area contributed by atoms with Gasteiger partial charge in [-0.15, -0.1) is 0 Å². The molecule has 2 fully saturated rings. The topological polar surface area (TPSA) is 52.7 Å². The number of amides is 2. The van der Waals surface area contributed by atoms with Crippen LogP contribution in [0.5, 0.6) is 0 Å². The molecule has 0 aromatic heterocycles. The van der Waals surface area contributed by atoms with E-state index in [1.807, 2.05) is 11.0 Å². The molecule has 0 unspecified atom stereocenters. The molecule has 32 heavy (non-hydrogen) atoms. The van der Waals surface area contributed by atoms with Crippen molar-refractivity contribution in [1.82, 2.24) is 15.1 Å². The van der Waals surface area contributed by atoms with E-state index >= 15 is 0 Å². The first kappa shape index (κ1) is 22.7. The van der Waals surface area contributed by atoms with Crippen LogP contribution < -0.4 is 5.32 Å². The molecule has 170 valence electrons. The number of nitrogens with one attached hydrogen (secondary N) is 1. The number of hydrogen-bond acceptors (Lipinski definition) is 3. The van der Waals surface area contributed by atoms with Gasteiger partial charge in [0.1, 0.15) is 5.82 Å². The third-order valence-corrected chi connectivity index (χ3v) is 6.81. The van der Waals surface area contributed by atoms with Crippen molar-refractivity contribution in [2.24, 2.45) is 5.92 Å². The zero-order valence-corrected chi connectivity index (χ0v) is 18.9. The second kappa shape index (κ2) is 10.5. The van der Waals surface area contributed by atoms with Crippen LogP contribution in [0.4, 0.5) is 4.39 Å². The van der Waals surface area contributed by atoms with Crippen LogP contribution >= 0.6 is 11.6 Å². The number of nitrogens with zero attached hydrogens (tertiary/aromatic N) is 2. The molecule has 1 N–H and O–H groups in total. The monoisotopic (exact) mass is 457 g/mol. The van der Waals surface area contributed by atoms with Gasteiger partial charge in [0.25, 0.3) is 5.91 Å². The van der Waals surface area contributed by atoms with E-state index in [1.54, 1.807) is 30.3 Å². The molecule has 2 aliphatic rings. The Hall–Kier alpha value is -2.44. The van der Waals surface area contributed by atoms with Crippen molar-refractivity contribution >= 4 is 23.4 Å². The van der Waals surface area contributed by atoms with Gasteiger partial charge in [0.2, 0.25) is 5.91 Å². The minimum atomic E-state index is -0.300. The molecule has 1 aliphatic carbocycles. The lowest BCUT2D eigenvalue weighted by Gasteiger charge is -2.40. The molecule has 4 rings (SSSR count). The highest BCUT2D eigenvalue weighted by atomic mass is 35.5. The highest BCUT2D eigenvalue weighted by molar-refractivity contribution is 6.30. The summed E-state index contributed by atoms with van der Waals surface area (Å²) in [7, 11) is 0. The van der Waals surface area contributed by atoms with E-state index in [0.29, 0.717) is 49.2 Å². The van der Waals surface area contributed by atoms with Crippen molar-refractivity contribution in [3.05, 3.63) is 70.5 Å². The molecule has 2 aromatic carbocycles. The number of carbonyl (C=O) groups excluding carboxylic acids is 2. The van der Waals surface area contributed by atoms with E-state index in [4.69, 9.17) is 11.6 Å². The second-order valence-corrected chi connectivity index (χ2v) is 9.11. The molecule has 0 bridgehead atoms. The molecule has 1 atom stereocenters. The average Bonchev–Trinajstić information content (AvgIpc) is 3.33. The van der Waals surface area contributed by atoms with Crippen molar-refractivity contribution in [3.8, 4) is 0 Å². The average molecular weight is 458 g/mol. The lowest BCUT2D eigenvalue weighted by molar-refractivity contribution is -0.129. The Morgan fingerprint density at radius 3 is 2.38 bits per heavy atom. The van der Waals surface area contributed by atoms with Crippen LogP contribution in [0.1, 0.15) is 41.6 Å². The number of carbonyl (C=O) groups is 2. The first-order valence-corrected chi connectivity index (χ1v) is 11.7. The highest BCUT2D eigenvalue weighted by Gasteiger charge is 2.37. The van der Waals surface area contributed by atoms with Crippen LogP contribution in [0, 0.1) is 11.7 Å². The van der Waals surface area contributed by atoms with Gasteiger partial charge in [-0.2, -0.15) is 0 Å². The van der Waals surface area contributed by atoms with E-state index in [1.165, 1.54) is 12.1 Å². The summed E-state index contributed by atoms with van der Waals surface area (Å²) in [6.45, 7) is 2.81. The van der Waals surface area contributed by atoms with Gasteiger partial charge in [-0.3, -0.25) is 14.5 Å². The van der Waals surface area contributed by atoms with E-state index in [9.17, 15) is 14.0 Å². The number of piperazine rings is 1.